The van der Waals surface area contributed by atoms with Gasteiger partial charge < -0.3 is 4.48 Å². The van der Waals surface area contributed by atoms with Gasteiger partial charge in [-0.05, 0) is 44.2 Å². The summed E-state index contributed by atoms with van der Waals surface area (Å²) >= 11 is 0. The smallest absolute Gasteiger partial charge is 0.296 e. The summed E-state index contributed by atoms with van der Waals surface area (Å²) in [5.41, 5.74) is 0. The molecule has 0 unspecified atom stereocenters. The van der Waals surface area contributed by atoms with Crippen LogP contribution in [0.4, 0.5) is 0 Å². The van der Waals surface area contributed by atoms with Crippen molar-refractivity contribution in [3.8, 4) is 0 Å². The van der Waals surface area contributed by atoms with Crippen molar-refractivity contribution in [1.29, 1.82) is 0 Å². The highest BCUT2D eigenvalue weighted by Crippen LogP contribution is 2.16. The van der Waals surface area contributed by atoms with Crippen molar-refractivity contribution >= 4 is 10.1 Å². The van der Waals surface area contributed by atoms with Gasteiger partial charge in [0, 0.05) is 0 Å². The van der Waals surface area contributed by atoms with Crippen LogP contribution in [-0.2, 0) is 14.3 Å². The fraction of sp³-hybridized carbons (Fsp3) is 0.800. The second-order valence-corrected chi connectivity index (χ2v) is 11.6. The van der Waals surface area contributed by atoms with Crippen molar-refractivity contribution in [3.63, 3.8) is 0 Å². The van der Waals surface area contributed by atoms with Gasteiger partial charge in [0.25, 0.3) is 10.1 Å². The van der Waals surface area contributed by atoms with Crippen molar-refractivity contribution in [1.82, 2.24) is 0 Å². The third-order valence-corrected chi connectivity index (χ3v) is 8.04. The van der Waals surface area contributed by atoms with E-state index in [0.717, 1.165) is 19.3 Å². The Morgan fingerprint density at radius 3 is 1.40 bits per heavy atom. The molecule has 0 atom stereocenters. The van der Waals surface area contributed by atoms with E-state index in [0.29, 0.717) is 0 Å². The Morgan fingerprint density at radius 2 is 0.971 bits per heavy atom. The third-order valence-electron chi connectivity index (χ3n) is 6.71. The highest BCUT2D eigenvalue weighted by molar-refractivity contribution is 7.86. The number of rotatable bonds is 21. The van der Waals surface area contributed by atoms with E-state index in [4.69, 9.17) is 4.18 Å². The summed E-state index contributed by atoms with van der Waals surface area (Å²) in [6.45, 7) is 17.5. The average Bonchev–Trinajstić information content (AvgIpc) is 2.88. The topological polar surface area (TPSA) is 43.4 Å². The molecule has 0 spiro atoms. The Balaban J connectivity index is 0.000000662. The first kappa shape index (κ1) is 34.1. The SMILES string of the molecule is CCCCCCCCOS(=O)(=O)c1ccccc1.CCCC[N+](CCCC)(CCCC)CCCC. The molecule has 0 amide bonds. The monoisotopic (exact) mass is 512 g/mol. The predicted octanol–water partition coefficient (Wildman–Crippen LogP) is 8.76. The molecule has 0 radical (unpaired) electrons. The van der Waals surface area contributed by atoms with Gasteiger partial charge in [-0.25, -0.2) is 0 Å². The van der Waals surface area contributed by atoms with Gasteiger partial charge in [-0.2, -0.15) is 8.42 Å². The molecule has 0 aliphatic rings. The molecule has 1 aromatic rings. The second-order valence-electron chi connectivity index (χ2n) is 10.0. The number of hydrogen-bond acceptors (Lipinski definition) is 3. The second kappa shape index (κ2) is 22.3. The van der Waals surface area contributed by atoms with Crippen molar-refractivity contribution < 1.29 is 17.1 Å². The molecule has 0 bridgehead atoms. The predicted molar refractivity (Wildman–Crippen MR) is 152 cm³/mol. The van der Waals surface area contributed by atoms with E-state index < -0.39 is 10.1 Å². The molecule has 1 rings (SSSR count). The molecule has 0 N–H and O–H groups in total. The van der Waals surface area contributed by atoms with Crippen LogP contribution in [0, 0.1) is 0 Å². The first-order valence-electron chi connectivity index (χ1n) is 14.7. The van der Waals surface area contributed by atoms with E-state index in [9.17, 15) is 8.42 Å². The number of benzene rings is 1. The van der Waals surface area contributed by atoms with Gasteiger partial charge in [0.05, 0.1) is 37.7 Å². The molecule has 0 aliphatic heterocycles. The zero-order valence-electron chi connectivity index (χ0n) is 23.9. The highest BCUT2D eigenvalue weighted by atomic mass is 32.2. The van der Waals surface area contributed by atoms with Crippen LogP contribution in [0.2, 0.25) is 0 Å². The molecular formula is C30H58NO3S+. The third kappa shape index (κ3) is 17.2. The lowest BCUT2D eigenvalue weighted by molar-refractivity contribution is -0.929. The van der Waals surface area contributed by atoms with Crippen LogP contribution in [0.25, 0.3) is 0 Å². The van der Waals surface area contributed by atoms with Crippen LogP contribution >= 0.6 is 0 Å². The summed E-state index contributed by atoms with van der Waals surface area (Å²) in [5, 5.41) is 0. The molecule has 0 saturated heterocycles. The van der Waals surface area contributed by atoms with Crippen molar-refractivity contribution in [2.45, 2.75) is 129 Å². The molecule has 0 saturated carbocycles. The minimum Gasteiger partial charge on any atom is -0.324 e. The lowest BCUT2D eigenvalue weighted by atomic mass is 10.1. The van der Waals surface area contributed by atoms with Crippen molar-refractivity contribution in [2.24, 2.45) is 0 Å². The zero-order chi connectivity index (χ0) is 26.3. The quantitative estimate of drug-likeness (QED) is 0.0939. The van der Waals surface area contributed by atoms with Crippen LogP contribution < -0.4 is 0 Å². The van der Waals surface area contributed by atoms with Gasteiger partial charge >= 0.3 is 0 Å². The molecule has 0 aliphatic carbocycles. The number of quaternary nitrogens is 1. The van der Waals surface area contributed by atoms with Gasteiger partial charge in [0.1, 0.15) is 0 Å². The van der Waals surface area contributed by atoms with Gasteiger partial charge in [0.2, 0.25) is 0 Å². The van der Waals surface area contributed by atoms with Crippen molar-refractivity contribution in [3.05, 3.63) is 30.3 Å². The van der Waals surface area contributed by atoms with E-state index in [2.05, 4.69) is 34.6 Å². The fourth-order valence-electron chi connectivity index (χ4n) is 4.35. The van der Waals surface area contributed by atoms with Gasteiger partial charge in [-0.15, -0.1) is 0 Å². The van der Waals surface area contributed by atoms with Crippen LogP contribution in [-0.4, -0.2) is 45.7 Å². The normalized spacial score (nSPS) is 11.8. The minimum atomic E-state index is -3.56. The van der Waals surface area contributed by atoms with E-state index in [1.165, 1.54) is 101 Å². The van der Waals surface area contributed by atoms with Gasteiger partial charge in [0.15, 0.2) is 0 Å². The van der Waals surface area contributed by atoms with E-state index in [1.807, 2.05) is 0 Å². The first-order chi connectivity index (χ1) is 16.9. The van der Waals surface area contributed by atoms with Crippen LogP contribution in [0.3, 0.4) is 0 Å². The van der Waals surface area contributed by atoms with E-state index in [-0.39, 0.29) is 11.5 Å². The lowest BCUT2D eigenvalue weighted by Gasteiger charge is -2.39. The Labute approximate surface area is 219 Å². The van der Waals surface area contributed by atoms with Crippen molar-refractivity contribution in [2.75, 3.05) is 32.8 Å². The molecule has 206 valence electrons. The standard InChI is InChI=1S/C16H36N.C14H22O3S/c1-5-9-13-17(14-10-6-2,15-11-7-3)16-12-8-4;1-2-3-4-5-6-10-13-17-18(15,16)14-11-8-7-9-12-14/h5-16H2,1-4H3;7-9,11-12H,2-6,10,13H2,1H3/q+1;. The number of hydrogen-bond donors (Lipinski definition) is 0. The molecule has 0 aromatic heterocycles. The van der Waals surface area contributed by atoms with Gasteiger partial charge in [-0.1, -0.05) is 111 Å². The lowest BCUT2D eigenvalue weighted by Crippen LogP contribution is -2.50. The maximum Gasteiger partial charge on any atom is 0.296 e. The summed E-state index contributed by atoms with van der Waals surface area (Å²) in [4.78, 5) is 0.232. The molecular weight excluding hydrogens is 454 g/mol. The Bertz CT molecular complexity index is 639. The largest absolute Gasteiger partial charge is 0.324 e. The summed E-state index contributed by atoms with van der Waals surface area (Å²) in [7, 11) is -3.56. The maximum atomic E-state index is 11.7. The molecule has 5 heteroatoms. The van der Waals surface area contributed by atoms with E-state index >= 15 is 0 Å². The van der Waals surface area contributed by atoms with Crippen LogP contribution in [0.15, 0.2) is 35.2 Å². The first-order valence-corrected chi connectivity index (χ1v) is 16.1. The highest BCUT2D eigenvalue weighted by Gasteiger charge is 2.24. The maximum absolute atomic E-state index is 11.7. The Kier molecular flexibility index (Phi) is 21.7. The summed E-state index contributed by atoms with van der Waals surface area (Å²) in [6, 6.07) is 8.28. The molecule has 35 heavy (non-hydrogen) atoms. The summed E-state index contributed by atoms with van der Waals surface area (Å²) < 4.78 is 29.9. The molecule has 0 fully saturated rings. The van der Waals surface area contributed by atoms with Gasteiger partial charge in [-0.3, -0.25) is 4.18 Å². The summed E-state index contributed by atoms with van der Waals surface area (Å²) in [6.07, 6.45) is 17.7. The molecule has 0 heterocycles. The molecule has 1 aromatic carbocycles. The number of unbranched alkanes of at least 4 members (excludes halogenated alkanes) is 9. The fourth-order valence-corrected chi connectivity index (χ4v) is 5.31. The molecule has 4 nitrogen and oxygen atoms in total. The van der Waals surface area contributed by atoms with Crippen LogP contribution in [0.1, 0.15) is 125 Å². The van der Waals surface area contributed by atoms with E-state index in [1.54, 1.807) is 30.3 Å². The number of nitrogens with zero attached hydrogens (tertiary/aromatic N) is 1. The Hall–Kier alpha value is -0.910. The minimum absolute atomic E-state index is 0.232. The summed E-state index contributed by atoms with van der Waals surface area (Å²) in [5.74, 6) is 0. The average molecular weight is 513 g/mol. The zero-order valence-corrected chi connectivity index (χ0v) is 24.7. The van der Waals surface area contributed by atoms with Crippen LogP contribution in [0.5, 0.6) is 0 Å². The Morgan fingerprint density at radius 1 is 0.571 bits per heavy atom.